The Morgan fingerprint density at radius 1 is 0.576 bits per heavy atom. The minimum atomic E-state index is 1.07. The van der Waals surface area contributed by atoms with Gasteiger partial charge in [-0.15, -0.1) is 0 Å². The molecule has 0 bridgehead atoms. The summed E-state index contributed by atoms with van der Waals surface area (Å²) in [6, 6.07) is 38.3. The Kier molecular flexibility index (Phi) is 5.61. The predicted octanol–water partition coefficient (Wildman–Crippen LogP) is 9.20. The van der Waals surface area contributed by atoms with Crippen molar-refractivity contribution in [2.45, 2.75) is 0 Å². The first-order chi connectivity index (χ1) is 16.3. The van der Waals surface area contributed by atoms with Gasteiger partial charge in [0.15, 0.2) is 0 Å². The molecular weight excluding hydrogens is 398 g/mol. The van der Waals surface area contributed by atoms with Crippen molar-refractivity contribution in [3.8, 4) is 22.3 Å². The molecular formula is C32H25N. The van der Waals surface area contributed by atoms with Crippen molar-refractivity contribution in [3.63, 3.8) is 0 Å². The largest absolute Gasteiger partial charge is 0.355 e. The molecule has 5 aromatic carbocycles. The molecule has 0 heterocycles. The van der Waals surface area contributed by atoms with Crippen molar-refractivity contribution >= 4 is 34.3 Å². The highest BCUT2D eigenvalue weighted by atomic mass is 14.9. The van der Waals surface area contributed by atoms with Crippen molar-refractivity contribution in [1.29, 1.82) is 0 Å². The molecule has 0 radical (unpaired) electrons. The first-order valence-electron chi connectivity index (χ1n) is 11.1. The third kappa shape index (κ3) is 4.09. The quantitative estimate of drug-likeness (QED) is 0.287. The summed E-state index contributed by atoms with van der Waals surface area (Å²) >= 11 is 0. The lowest BCUT2D eigenvalue weighted by Crippen LogP contribution is -1.91. The minimum absolute atomic E-state index is 1.07. The van der Waals surface area contributed by atoms with Crippen LogP contribution in [0.1, 0.15) is 11.1 Å². The molecule has 0 unspecified atom stereocenters. The van der Waals surface area contributed by atoms with Crippen LogP contribution < -0.4 is 5.32 Å². The van der Waals surface area contributed by atoms with Crippen LogP contribution in [0.5, 0.6) is 0 Å². The van der Waals surface area contributed by atoms with Gasteiger partial charge in [0.25, 0.3) is 0 Å². The van der Waals surface area contributed by atoms with E-state index in [4.69, 9.17) is 0 Å². The van der Waals surface area contributed by atoms with Gasteiger partial charge in [0.05, 0.1) is 0 Å². The molecule has 1 heteroatoms. The Morgan fingerprint density at radius 3 is 2.12 bits per heavy atom. The van der Waals surface area contributed by atoms with E-state index in [0.29, 0.717) is 0 Å². The summed E-state index contributed by atoms with van der Waals surface area (Å²) in [5.41, 5.74) is 9.09. The molecule has 0 aliphatic carbocycles. The first kappa shape index (κ1) is 20.5. The van der Waals surface area contributed by atoms with Gasteiger partial charge in [-0.1, -0.05) is 110 Å². The van der Waals surface area contributed by atoms with Crippen LogP contribution in [0.3, 0.4) is 0 Å². The summed E-state index contributed by atoms with van der Waals surface area (Å²) < 4.78 is 0. The maximum Gasteiger partial charge on any atom is 0.0463 e. The molecule has 0 fully saturated rings. The summed E-state index contributed by atoms with van der Waals surface area (Å²) in [6.45, 7) is 7.96. The van der Waals surface area contributed by atoms with Crippen LogP contribution in [0.2, 0.25) is 0 Å². The van der Waals surface area contributed by atoms with E-state index in [1.54, 1.807) is 0 Å². The van der Waals surface area contributed by atoms with Gasteiger partial charge in [-0.2, -0.15) is 0 Å². The number of rotatable bonds is 6. The molecule has 158 valence electrons. The van der Waals surface area contributed by atoms with E-state index in [2.05, 4.69) is 128 Å². The molecule has 0 saturated carbocycles. The van der Waals surface area contributed by atoms with Gasteiger partial charge in [-0.05, 0) is 63.0 Å². The number of fused-ring (bicyclic) bond motifs is 1. The van der Waals surface area contributed by atoms with Crippen LogP contribution in [0, 0.1) is 0 Å². The number of anilines is 2. The summed E-state index contributed by atoms with van der Waals surface area (Å²) in [5.74, 6) is 0. The third-order valence-electron chi connectivity index (χ3n) is 6.02. The first-order valence-corrected chi connectivity index (χ1v) is 11.1. The lowest BCUT2D eigenvalue weighted by molar-refractivity contribution is 1.54. The Labute approximate surface area is 195 Å². The lowest BCUT2D eigenvalue weighted by atomic mass is 9.93. The van der Waals surface area contributed by atoms with Gasteiger partial charge in [0, 0.05) is 16.8 Å². The fourth-order valence-corrected chi connectivity index (χ4v) is 4.34. The summed E-state index contributed by atoms with van der Waals surface area (Å²) in [7, 11) is 0. The molecule has 0 aliphatic rings. The zero-order valence-corrected chi connectivity index (χ0v) is 18.5. The van der Waals surface area contributed by atoms with Gasteiger partial charge in [0.1, 0.15) is 0 Å². The van der Waals surface area contributed by atoms with Gasteiger partial charge in [-0.25, -0.2) is 0 Å². The highest BCUT2D eigenvalue weighted by Gasteiger charge is 2.08. The average Bonchev–Trinajstić information content (AvgIpc) is 2.89. The number of benzene rings is 5. The molecule has 5 rings (SSSR count). The molecule has 0 amide bonds. The van der Waals surface area contributed by atoms with Gasteiger partial charge in [0.2, 0.25) is 0 Å². The molecule has 0 atom stereocenters. The van der Waals surface area contributed by atoms with Crippen LogP contribution in [0.25, 0.3) is 45.2 Å². The van der Waals surface area contributed by atoms with Crippen molar-refractivity contribution < 1.29 is 0 Å². The summed E-state index contributed by atoms with van der Waals surface area (Å²) in [4.78, 5) is 0. The molecule has 0 aromatic heterocycles. The third-order valence-corrected chi connectivity index (χ3v) is 6.02. The van der Waals surface area contributed by atoms with Crippen LogP contribution in [-0.2, 0) is 0 Å². The summed E-state index contributed by atoms with van der Waals surface area (Å²) in [6.07, 6.45) is 3.79. The zero-order valence-electron chi connectivity index (χ0n) is 18.5. The fourth-order valence-electron chi connectivity index (χ4n) is 4.34. The SMILES string of the molecule is C=Cc1cccc(-c2cccc(-c3ccc(Nc4cccc5ccccc45)cc3)c2)c1C=C. The maximum absolute atomic E-state index is 4.01. The summed E-state index contributed by atoms with van der Waals surface area (Å²) in [5, 5.41) is 6.02. The van der Waals surface area contributed by atoms with E-state index in [-0.39, 0.29) is 0 Å². The highest BCUT2D eigenvalue weighted by molar-refractivity contribution is 5.95. The molecule has 5 aromatic rings. The second kappa shape index (κ2) is 9.02. The van der Waals surface area contributed by atoms with E-state index in [1.165, 1.54) is 33.0 Å². The van der Waals surface area contributed by atoms with Crippen LogP contribution in [-0.4, -0.2) is 0 Å². The van der Waals surface area contributed by atoms with E-state index in [0.717, 1.165) is 22.5 Å². The normalized spacial score (nSPS) is 10.7. The lowest BCUT2D eigenvalue weighted by Gasteiger charge is -2.12. The Hall–Kier alpha value is -4.36. The number of hydrogen-bond donors (Lipinski definition) is 1. The van der Waals surface area contributed by atoms with Gasteiger partial charge < -0.3 is 5.32 Å². The van der Waals surface area contributed by atoms with Crippen molar-refractivity contribution in [2.75, 3.05) is 5.32 Å². The Morgan fingerprint density at radius 2 is 1.30 bits per heavy atom. The molecule has 33 heavy (non-hydrogen) atoms. The van der Waals surface area contributed by atoms with Crippen LogP contribution in [0.15, 0.2) is 122 Å². The Balaban J connectivity index is 1.45. The Bertz CT molecular complexity index is 1450. The van der Waals surface area contributed by atoms with Crippen LogP contribution in [0.4, 0.5) is 11.4 Å². The second-order valence-corrected chi connectivity index (χ2v) is 8.03. The molecule has 1 N–H and O–H groups in total. The molecule has 0 aliphatic heterocycles. The zero-order chi connectivity index (χ0) is 22.6. The number of nitrogens with one attached hydrogen (secondary N) is 1. The number of hydrogen-bond acceptors (Lipinski definition) is 1. The van der Waals surface area contributed by atoms with E-state index in [1.807, 2.05) is 12.2 Å². The van der Waals surface area contributed by atoms with Crippen LogP contribution >= 0.6 is 0 Å². The highest BCUT2D eigenvalue weighted by Crippen LogP contribution is 2.32. The van der Waals surface area contributed by atoms with Gasteiger partial charge in [-0.3, -0.25) is 0 Å². The molecule has 0 saturated heterocycles. The van der Waals surface area contributed by atoms with E-state index in [9.17, 15) is 0 Å². The van der Waals surface area contributed by atoms with E-state index < -0.39 is 0 Å². The smallest absolute Gasteiger partial charge is 0.0463 e. The molecule has 0 spiro atoms. The second-order valence-electron chi connectivity index (χ2n) is 8.03. The minimum Gasteiger partial charge on any atom is -0.355 e. The van der Waals surface area contributed by atoms with Crippen molar-refractivity contribution in [3.05, 3.63) is 133 Å². The van der Waals surface area contributed by atoms with Crippen molar-refractivity contribution in [1.82, 2.24) is 0 Å². The predicted molar refractivity (Wildman–Crippen MR) is 145 cm³/mol. The maximum atomic E-state index is 4.01. The fraction of sp³-hybridized carbons (Fsp3) is 0. The van der Waals surface area contributed by atoms with E-state index >= 15 is 0 Å². The monoisotopic (exact) mass is 423 g/mol. The molecule has 1 nitrogen and oxygen atoms in total. The van der Waals surface area contributed by atoms with Gasteiger partial charge >= 0.3 is 0 Å². The average molecular weight is 424 g/mol. The topological polar surface area (TPSA) is 12.0 Å². The van der Waals surface area contributed by atoms with Crippen molar-refractivity contribution in [2.24, 2.45) is 0 Å². The standard InChI is InChI=1S/C32H25N/c1-3-23-11-8-16-30(29(23)4-2)27-14-7-13-26(22-27)24-18-20-28(21-19-24)33-32-17-9-12-25-10-5-6-15-31(25)32/h3-22,33H,1-2H2.